The summed E-state index contributed by atoms with van der Waals surface area (Å²) in [5, 5.41) is 0. The molecule has 0 radical (unpaired) electrons. The highest BCUT2D eigenvalue weighted by Gasteiger charge is 2.18. The summed E-state index contributed by atoms with van der Waals surface area (Å²) < 4.78 is 0. The summed E-state index contributed by atoms with van der Waals surface area (Å²) in [4.78, 5) is 15.7. The van der Waals surface area contributed by atoms with E-state index in [2.05, 4.69) is 4.98 Å². The van der Waals surface area contributed by atoms with Crippen LogP contribution in [0.2, 0.25) is 0 Å². The SMILES string of the molecule is CC(C)CC(N)C(=O)c1cnccc1N. The standard InChI is InChI=1S/C11H17N3O/c1-7(2)5-10(13)11(15)8-6-14-4-3-9(8)12/h3-4,6-7,10H,5,13H2,1-2H3,(H2,12,14). The molecule has 1 aromatic rings. The van der Waals surface area contributed by atoms with Gasteiger partial charge in [0.2, 0.25) is 0 Å². The zero-order chi connectivity index (χ0) is 11.4. The summed E-state index contributed by atoms with van der Waals surface area (Å²) >= 11 is 0. The van der Waals surface area contributed by atoms with E-state index in [1.54, 1.807) is 12.3 Å². The maximum atomic E-state index is 11.9. The second-order valence-electron chi connectivity index (χ2n) is 4.06. The number of hydrogen-bond acceptors (Lipinski definition) is 4. The van der Waals surface area contributed by atoms with E-state index in [0.29, 0.717) is 23.6 Å². The molecule has 0 aromatic carbocycles. The van der Waals surface area contributed by atoms with Crippen LogP contribution < -0.4 is 11.5 Å². The second kappa shape index (κ2) is 4.89. The van der Waals surface area contributed by atoms with Gasteiger partial charge in [-0.05, 0) is 18.4 Å². The van der Waals surface area contributed by atoms with Gasteiger partial charge in [0.15, 0.2) is 5.78 Å². The third kappa shape index (κ3) is 3.02. The highest BCUT2D eigenvalue weighted by atomic mass is 16.1. The van der Waals surface area contributed by atoms with E-state index in [9.17, 15) is 4.79 Å². The Kier molecular flexibility index (Phi) is 3.80. The molecule has 0 saturated carbocycles. The minimum atomic E-state index is -0.489. The fourth-order valence-electron chi connectivity index (χ4n) is 1.43. The predicted octanol–water partition coefficient (Wildman–Crippen LogP) is 1.22. The lowest BCUT2D eigenvalue weighted by molar-refractivity contribution is 0.0951. The van der Waals surface area contributed by atoms with Crippen molar-refractivity contribution in [1.82, 2.24) is 4.98 Å². The van der Waals surface area contributed by atoms with Gasteiger partial charge in [0, 0.05) is 18.1 Å². The smallest absolute Gasteiger partial charge is 0.183 e. The zero-order valence-corrected chi connectivity index (χ0v) is 9.10. The quantitative estimate of drug-likeness (QED) is 0.727. The summed E-state index contributed by atoms with van der Waals surface area (Å²) in [6.07, 6.45) is 3.69. The molecule has 0 aliphatic rings. The molecule has 1 atom stereocenters. The van der Waals surface area contributed by atoms with Crippen molar-refractivity contribution in [3.8, 4) is 0 Å². The van der Waals surface area contributed by atoms with Crippen LogP contribution in [-0.4, -0.2) is 16.8 Å². The van der Waals surface area contributed by atoms with E-state index in [0.717, 1.165) is 0 Å². The molecule has 0 amide bonds. The number of Topliss-reactive ketones (excluding diaryl/α,β-unsaturated/α-hetero) is 1. The number of nitrogens with two attached hydrogens (primary N) is 2. The van der Waals surface area contributed by atoms with Gasteiger partial charge in [-0.25, -0.2) is 0 Å². The van der Waals surface area contributed by atoms with Crippen LogP contribution in [0.15, 0.2) is 18.5 Å². The van der Waals surface area contributed by atoms with Crippen LogP contribution in [0.1, 0.15) is 30.6 Å². The largest absolute Gasteiger partial charge is 0.398 e. The van der Waals surface area contributed by atoms with Gasteiger partial charge >= 0.3 is 0 Å². The number of anilines is 1. The lowest BCUT2D eigenvalue weighted by Gasteiger charge is -2.13. The van der Waals surface area contributed by atoms with Crippen LogP contribution in [0.5, 0.6) is 0 Å². The maximum Gasteiger partial charge on any atom is 0.183 e. The molecule has 1 unspecified atom stereocenters. The monoisotopic (exact) mass is 207 g/mol. The van der Waals surface area contributed by atoms with Crippen LogP contribution in [0, 0.1) is 5.92 Å². The summed E-state index contributed by atoms with van der Waals surface area (Å²) in [5.41, 5.74) is 12.3. The second-order valence-corrected chi connectivity index (χ2v) is 4.06. The Morgan fingerprint density at radius 3 is 2.73 bits per heavy atom. The van der Waals surface area contributed by atoms with E-state index in [4.69, 9.17) is 11.5 Å². The normalized spacial score (nSPS) is 12.8. The maximum absolute atomic E-state index is 11.9. The molecular formula is C11H17N3O. The van der Waals surface area contributed by atoms with Gasteiger partial charge in [-0.1, -0.05) is 13.8 Å². The van der Waals surface area contributed by atoms with Gasteiger partial charge in [0.25, 0.3) is 0 Å². The van der Waals surface area contributed by atoms with E-state index in [1.807, 2.05) is 13.8 Å². The average molecular weight is 207 g/mol. The van der Waals surface area contributed by atoms with E-state index in [1.165, 1.54) is 6.20 Å². The van der Waals surface area contributed by atoms with E-state index < -0.39 is 6.04 Å². The number of ketones is 1. The predicted molar refractivity (Wildman–Crippen MR) is 60.4 cm³/mol. The Bertz CT molecular complexity index is 349. The van der Waals surface area contributed by atoms with Crippen LogP contribution >= 0.6 is 0 Å². The van der Waals surface area contributed by atoms with Crippen molar-refractivity contribution >= 4 is 11.5 Å². The molecule has 0 spiro atoms. The minimum absolute atomic E-state index is 0.130. The van der Waals surface area contributed by atoms with Gasteiger partial charge in [0.1, 0.15) is 0 Å². The molecule has 1 heterocycles. The lowest BCUT2D eigenvalue weighted by Crippen LogP contribution is -2.32. The molecule has 4 N–H and O–H groups in total. The zero-order valence-electron chi connectivity index (χ0n) is 9.10. The summed E-state index contributed by atoms with van der Waals surface area (Å²) in [6, 6.07) is 1.12. The summed E-state index contributed by atoms with van der Waals surface area (Å²) in [7, 11) is 0. The molecular weight excluding hydrogens is 190 g/mol. The molecule has 82 valence electrons. The molecule has 0 bridgehead atoms. The Morgan fingerprint density at radius 2 is 2.20 bits per heavy atom. The minimum Gasteiger partial charge on any atom is -0.398 e. The van der Waals surface area contributed by atoms with Crippen molar-refractivity contribution in [3.63, 3.8) is 0 Å². The first-order valence-corrected chi connectivity index (χ1v) is 5.01. The van der Waals surface area contributed by atoms with Crippen LogP contribution in [0.3, 0.4) is 0 Å². The van der Waals surface area contributed by atoms with Gasteiger partial charge in [0.05, 0.1) is 11.6 Å². The van der Waals surface area contributed by atoms with Crippen molar-refractivity contribution in [2.75, 3.05) is 5.73 Å². The number of nitrogen functional groups attached to an aromatic ring is 1. The first kappa shape index (κ1) is 11.7. The van der Waals surface area contributed by atoms with E-state index >= 15 is 0 Å². The number of nitrogens with zero attached hydrogens (tertiary/aromatic N) is 1. The van der Waals surface area contributed by atoms with Crippen molar-refractivity contribution in [1.29, 1.82) is 0 Å². The van der Waals surface area contributed by atoms with Crippen molar-refractivity contribution in [2.45, 2.75) is 26.3 Å². The number of carbonyl (C=O) groups excluding carboxylic acids is 1. The van der Waals surface area contributed by atoms with Gasteiger partial charge in [-0.2, -0.15) is 0 Å². The summed E-state index contributed by atoms with van der Waals surface area (Å²) in [6.45, 7) is 4.06. The molecule has 1 aromatic heterocycles. The Balaban J connectivity index is 2.81. The van der Waals surface area contributed by atoms with Gasteiger partial charge in [-0.3, -0.25) is 9.78 Å². The third-order valence-corrected chi connectivity index (χ3v) is 2.18. The molecule has 4 nitrogen and oxygen atoms in total. The Labute approximate surface area is 89.7 Å². The summed E-state index contributed by atoms with van der Waals surface area (Å²) in [5.74, 6) is 0.260. The number of carbonyl (C=O) groups is 1. The van der Waals surface area contributed by atoms with Crippen molar-refractivity contribution in [2.24, 2.45) is 11.7 Å². The Morgan fingerprint density at radius 1 is 1.53 bits per heavy atom. The molecule has 4 heteroatoms. The van der Waals surface area contributed by atoms with Crippen molar-refractivity contribution in [3.05, 3.63) is 24.0 Å². The van der Waals surface area contributed by atoms with Crippen molar-refractivity contribution < 1.29 is 4.79 Å². The molecule has 1 rings (SSSR count). The first-order chi connectivity index (χ1) is 7.02. The van der Waals surface area contributed by atoms with Crippen LogP contribution in [0.4, 0.5) is 5.69 Å². The topological polar surface area (TPSA) is 82.0 Å². The number of pyridine rings is 1. The molecule has 0 aliphatic carbocycles. The highest BCUT2D eigenvalue weighted by molar-refractivity contribution is 6.03. The fourth-order valence-corrected chi connectivity index (χ4v) is 1.43. The molecule has 0 saturated heterocycles. The Hall–Kier alpha value is -1.42. The number of rotatable bonds is 4. The lowest BCUT2D eigenvalue weighted by atomic mass is 9.97. The third-order valence-electron chi connectivity index (χ3n) is 2.18. The average Bonchev–Trinajstić information content (AvgIpc) is 2.16. The highest BCUT2D eigenvalue weighted by Crippen LogP contribution is 2.14. The van der Waals surface area contributed by atoms with Gasteiger partial charge in [-0.15, -0.1) is 0 Å². The molecule has 0 aliphatic heterocycles. The number of hydrogen-bond donors (Lipinski definition) is 2. The fraction of sp³-hybridized carbons (Fsp3) is 0.455. The number of aromatic nitrogens is 1. The first-order valence-electron chi connectivity index (χ1n) is 5.01. The van der Waals surface area contributed by atoms with Gasteiger partial charge < -0.3 is 11.5 Å². The van der Waals surface area contributed by atoms with Crippen LogP contribution in [0.25, 0.3) is 0 Å². The molecule has 0 fully saturated rings. The molecule has 15 heavy (non-hydrogen) atoms. The van der Waals surface area contributed by atoms with E-state index in [-0.39, 0.29) is 5.78 Å². The van der Waals surface area contributed by atoms with Crippen LogP contribution in [-0.2, 0) is 0 Å².